The van der Waals surface area contributed by atoms with Gasteiger partial charge in [-0.3, -0.25) is 4.57 Å². The van der Waals surface area contributed by atoms with Crippen LogP contribution in [0.15, 0.2) is 71.9 Å². The highest BCUT2D eigenvalue weighted by molar-refractivity contribution is 7.98. The molecular formula is C25H24FN3O4S. The number of methoxy groups -OCH3 is 3. The van der Waals surface area contributed by atoms with E-state index in [9.17, 15) is 4.39 Å². The number of nitrogens with zero attached hydrogens (tertiary/aromatic N) is 3. The van der Waals surface area contributed by atoms with Crippen LogP contribution in [0.3, 0.4) is 0 Å². The Morgan fingerprint density at radius 3 is 2.24 bits per heavy atom. The van der Waals surface area contributed by atoms with E-state index in [0.717, 1.165) is 22.8 Å². The molecule has 0 N–H and O–H groups in total. The molecule has 7 nitrogen and oxygen atoms in total. The van der Waals surface area contributed by atoms with Crippen molar-refractivity contribution in [3.05, 3.63) is 83.9 Å². The summed E-state index contributed by atoms with van der Waals surface area (Å²) in [6.07, 6.45) is 0. The van der Waals surface area contributed by atoms with Gasteiger partial charge in [0, 0.05) is 11.3 Å². The van der Waals surface area contributed by atoms with E-state index in [1.165, 1.54) is 17.8 Å². The Labute approximate surface area is 201 Å². The minimum Gasteiger partial charge on any atom is -0.497 e. The van der Waals surface area contributed by atoms with Gasteiger partial charge in [-0.05, 0) is 54.6 Å². The number of halogens is 1. The van der Waals surface area contributed by atoms with Crippen molar-refractivity contribution < 1.29 is 23.3 Å². The highest BCUT2D eigenvalue weighted by Crippen LogP contribution is 2.32. The number of benzene rings is 3. The van der Waals surface area contributed by atoms with E-state index in [2.05, 4.69) is 10.2 Å². The first-order valence-electron chi connectivity index (χ1n) is 10.4. The van der Waals surface area contributed by atoms with E-state index in [-0.39, 0.29) is 12.4 Å². The van der Waals surface area contributed by atoms with E-state index >= 15 is 0 Å². The number of aromatic nitrogens is 3. The molecule has 0 bridgehead atoms. The average molecular weight is 482 g/mol. The molecule has 4 aromatic rings. The highest BCUT2D eigenvalue weighted by atomic mass is 32.2. The molecular weight excluding hydrogens is 457 g/mol. The second-order valence-corrected chi connectivity index (χ2v) is 8.06. The first kappa shape index (κ1) is 23.4. The molecule has 0 saturated carbocycles. The molecule has 1 aromatic heterocycles. The summed E-state index contributed by atoms with van der Waals surface area (Å²) in [5.41, 5.74) is 1.27. The summed E-state index contributed by atoms with van der Waals surface area (Å²) in [5, 5.41) is 9.15. The van der Waals surface area contributed by atoms with Crippen molar-refractivity contribution in [3.8, 4) is 28.7 Å². The quantitative estimate of drug-likeness (QED) is 0.285. The van der Waals surface area contributed by atoms with Gasteiger partial charge in [-0.1, -0.05) is 23.9 Å². The zero-order valence-electron chi connectivity index (χ0n) is 19.0. The molecule has 0 aliphatic rings. The summed E-state index contributed by atoms with van der Waals surface area (Å²) in [6, 6.07) is 19.3. The summed E-state index contributed by atoms with van der Waals surface area (Å²) < 4.78 is 38.3. The smallest absolute Gasteiger partial charge is 0.196 e. The van der Waals surface area contributed by atoms with Crippen LogP contribution in [0.5, 0.6) is 23.0 Å². The number of rotatable bonds is 10. The molecule has 1 heterocycles. The van der Waals surface area contributed by atoms with Gasteiger partial charge in [0.1, 0.15) is 35.4 Å². The van der Waals surface area contributed by atoms with Crippen molar-refractivity contribution in [1.29, 1.82) is 0 Å². The maximum absolute atomic E-state index is 14.8. The Kier molecular flexibility index (Phi) is 7.54. The van der Waals surface area contributed by atoms with E-state index in [4.69, 9.17) is 18.9 Å². The Hall–Kier alpha value is -3.72. The summed E-state index contributed by atoms with van der Waals surface area (Å²) >= 11 is 1.41. The van der Waals surface area contributed by atoms with Gasteiger partial charge >= 0.3 is 0 Å². The summed E-state index contributed by atoms with van der Waals surface area (Å²) in [5.74, 6) is 3.43. The fourth-order valence-corrected chi connectivity index (χ4v) is 4.26. The Balaban J connectivity index is 1.61. The monoisotopic (exact) mass is 481 g/mol. The van der Waals surface area contributed by atoms with Gasteiger partial charge in [0.15, 0.2) is 11.0 Å². The van der Waals surface area contributed by atoms with Crippen LogP contribution in [0.25, 0.3) is 5.69 Å². The van der Waals surface area contributed by atoms with Gasteiger partial charge in [0.05, 0.1) is 27.0 Å². The van der Waals surface area contributed by atoms with Crippen molar-refractivity contribution in [2.45, 2.75) is 17.5 Å². The van der Waals surface area contributed by atoms with E-state index in [1.807, 2.05) is 18.2 Å². The maximum atomic E-state index is 14.8. The lowest BCUT2D eigenvalue weighted by Gasteiger charge is -2.13. The Morgan fingerprint density at radius 2 is 1.53 bits per heavy atom. The van der Waals surface area contributed by atoms with Crippen molar-refractivity contribution in [3.63, 3.8) is 0 Å². The molecule has 34 heavy (non-hydrogen) atoms. The fraction of sp³-hybridized carbons (Fsp3) is 0.200. The van der Waals surface area contributed by atoms with Crippen molar-refractivity contribution >= 4 is 11.8 Å². The van der Waals surface area contributed by atoms with Crippen LogP contribution < -0.4 is 18.9 Å². The number of hydrogen-bond acceptors (Lipinski definition) is 7. The van der Waals surface area contributed by atoms with Gasteiger partial charge in [0.2, 0.25) is 0 Å². The summed E-state index contributed by atoms with van der Waals surface area (Å²) in [6.45, 7) is 0.108. The molecule has 0 fully saturated rings. The zero-order chi connectivity index (χ0) is 23.9. The normalized spacial score (nSPS) is 10.7. The van der Waals surface area contributed by atoms with Crippen LogP contribution >= 0.6 is 11.8 Å². The maximum Gasteiger partial charge on any atom is 0.196 e. The number of ether oxygens (including phenoxy) is 4. The van der Waals surface area contributed by atoms with E-state index in [0.29, 0.717) is 28.2 Å². The van der Waals surface area contributed by atoms with Gasteiger partial charge in [-0.25, -0.2) is 4.39 Å². The molecule has 3 aromatic carbocycles. The van der Waals surface area contributed by atoms with E-state index in [1.54, 1.807) is 68.4 Å². The highest BCUT2D eigenvalue weighted by Gasteiger charge is 2.19. The lowest BCUT2D eigenvalue weighted by Crippen LogP contribution is -2.08. The minimum absolute atomic E-state index is 0.108. The molecule has 176 valence electrons. The van der Waals surface area contributed by atoms with Gasteiger partial charge in [-0.15, -0.1) is 10.2 Å². The second kappa shape index (κ2) is 10.9. The van der Waals surface area contributed by atoms with Gasteiger partial charge in [-0.2, -0.15) is 0 Å². The number of para-hydroxylation sites is 1. The zero-order valence-corrected chi connectivity index (χ0v) is 19.8. The van der Waals surface area contributed by atoms with Gasteiger partial charge in [0.25, 0.3) is 0 Å². The molecule has 0 aliphatic heterocycles. The molecule has 9 heteroatoms. The SMILES string of the molecule is COc1ccc(OCc2nnc(SCc3cc(OC)ccc3OC)n2-c2ccccc2F)cc1. The molecule has 0 amide bonds. The van der Waals surface area contributed by atoms with Crippen molar-refractivity contribution in [1.82, 2.24) is 14.8 Å². The molecule has 0 spiro atoms. The molecule has 0 radical (unpaired) electrons. The Bertz CT molecular complexity index is 1250. The first-order valence-corrected chi connectivity index (χ1v) is 11.4. The van der Waals surface area contributed by atoms with Crippen LogP contribution in [0.1, 0.15) is 11.4 Å². The van der Waals surface area contributed by atoms with Crippen molar-refractivity contribution in [2.75, 3.05) is 21.3 Å². The molecule has 0 aliphatic carbocycles. The van der Waals surface area contributed by atoms with Crippen LogP contribution in [0, 0.1) is 5.82 Å². The minimum atomic E-state index is -0.381. The van der Waals surface area contributed by atoms with Gasteiger partial charge < -0.3 is 18.9 Å². The summed E-state index contributed by atoms with van der Waals surface area (Å²) in [4.78, 5) is 0. The largest absolute Gasteiger partial charge is 0.497 e. The number of hydrogen-bond donors (Lipinski definition) is 0. The molecule has 0 unspecified atom stereocenters. The molecule has 0 saturated heterocycles. The van der Waals surface area contributed by atoms with Crippen LogP contribution in [0.4, 0.5) is 4.39 Å². The number of thioether (sulfide) groups is 1. The lowest BCUT2D eigenvalue weighted by atomic mass is 10.2. The molecule has 4 rings (SSSR count). The van der Waals surface area contributed by atoms with Crippen LogP contribution in [-0.2, 0) is 12.4 Å². The average Bonchev–Trinajstić information content (AvgIpc) is 3.29. The third-order valence-electron chi connectivity index (χ3n) is 5.07. The van der Waals surface area contributed by atoms with E-state index < -0.39 is 0 Å². The van der Waals surface area contributed by atoms with Crippen LogP contribution in [-0.4, -0.2) is 36.1 Å². The second-order valence-electron chi connectivity index (χ2n) is 7.12. The summed E-state index contributed by atoms with van der Waals surface area (Å²) in [7, 11) is 4.84. The van der Waals surface area contributed by atoms with Crippen LogP contribution in [0.2, 0.25) is 0 Å². The topological polar surface area (TPSA) is 67.6 Å². The first-order chi connectivity index (χ1) is 16.6. The predicted molar refractivity (Wildman–Crippen MR) is 128 cm³/mol. The molecule has 0 atom stereocenters. The fourth-order valence-electron chi connectivity index (χ4n) is 3.32. The predicted octanol–water partition coefficient (Wildman–Crippen LogP) is 5.30. The van der Waals surface area contributed by atoms with Crippen molar-refractivity contribution in [2.24, 2.45) is 0 Å². The lowest BCUT2D eigenvalue weighted by molar-refractivity contribution is 0.292. The Morgan fingerprint density at radius 1 is 0.824 bits per heavy atom. The standard InChI is InChI=1S/C25H24FN3O4S/c1-30-18-8-10-19(11-9-18)33-15-24-27-28-25(29(24)22-7-5-4-6-21(22)26)34-16-17-14-20(31-2)12-13-23(17)32-3/h4-14H,15-16H2,1-3H3. The third-order valence-corrected chi connectivity index (χ3v) is 6.04. The third kappa shape index (κ3) is 5.26.